The van der Waals surface area contributed by atoms with Crippen molar-refractivity contribution in [2.24, 2.45) is 0 Å². The number of hydrogen-bond acceptors (Lipinski definition) is 6. The van der Waals surface area contributed by atoms with Gasteiger partial charge in [0, 0.05) is 43.3 Å². The fourth-order valence-corrected chi connectivity index (χ4v) is 5.47. The van der Waals surface area contributed by atoms with Crippen molar-refractivity contribution < 1.29 is 16.8 Å². The number of rotatable bonds is 4. The Balaban J connectivity index is 2.06. The lowest BCUT2D eigenvalue weighted by Gasteiger charge is -2.46. The molecule has 0 atom stereocenters. The molecule has 2 aromatic rings. The van der Waals surface area contributed by atoms with Crippen molar-refractivity contribution in [3.8, 4) is 0 Å². The Hall–Kier alpha value is -1.85. The number of benzene rings is 1. The largest absolute Gasteiger partial charge is 0.368 e. The first-order chi connectivity index (χ1) is 12.3. The lowest BCUT2D eigenvalue weighted by molar-refractivity contribution is 0.206. The highest BCUT2D eigenvalue weighted by Gasteiger charge is 2.39. The molecule has 150 valence electrons. The normalized spacial score (nSPS) is 18.8. The molecule has 3 rings (SSSR count). The van der Waals surface area contributed by atoms with Gasteiger partial charge in [-0.05, 0) is 26.0 Å². The van der Waals surface area contributed by atoms with Crippen molar-refractivity contribution in [1.82, 2.24) is 14.5 Å². The predicted molar refractivity (Wildman–Crippen MR) is 107 cm³/mol. The van der Waals surface area contributed by atoms with Crippen LogP contribution in [-0.2, 0) is 20.0 Å². The van der Waals surface area contributed by atoms with Crippen LogP contribution in [0.2, 0.25) is 0 Å². The molecule has 11 heteroatoms. The highest BCUT2D eigenvalue weighted by Crippen LogP contribution is 2.35. The van der Waals surface area contributed by atoms with E-state index in [1.54, 1.807) is 12.3 Å². The predicted octanol–water partition coefficient (Wildman–Crippen LogP) is 0.819. The summed E-state index contributed by atoms with van der Waals surface area (Å²) < 4.78 is 50.8. The Kier molecular flexibility index (Phi) is 4.68. The summed E-state index contributed by atoms with van der Waals surface area (Å²) >= 11 is 0. The Bertz CT molecular complexity index is 1080. The Labute approximate surface area is 160 Å². The molecule has 0 unspecified atom stereocenters. The minimum Gasteiger partial charge on any atom is -0.368 e. The lowest BCUT2D eigenvalue weighted by Crippen LogP contribution is -2.60. The van der Waals surface area contributed by atoms with E-state index in [9.17, 15) is 16.8 Å². The Morgan fingerprint density at radius 1 is 1.15 bits per heavy atom. The number of sulfonamides is 2. The van der Waals surface area contributed by atoms with Crippen molar-refractivity contribution in [3.05, 3.63) is 18.3 Å². The fraction of sp³-hybridized carbons (Fsp3) is 0.562. The monoisotopic (exact) mass is 415 g/mol. The maximum atomic E-state index is 12.1. The topological polar surface area (TPSA) is 107 Å². The summed E-state index contributed by atoms with van der Waals surface area (Å²) in [7, 11) is -5.22. The van der Waals surface area contributed by atoms with Crippen LogP contribution in [0.1, 0.15) is 13.8 Å². The van der Waals surface area contributed by atoms with Gasteiger partial charge in [0.05, 0.1) is 29.9 Å². The van der Waals surface area contributed by atoms with Crippen LogP contribution < -0.4 is 9.21 Å². The van der Waals surface area contributed by atoms with Crippen LogP contribution in [-0.4, -0.2) is 76.1 Å². The minimum atomic E-state index is -3.41. The van der Waals surface area contributed by atoms with Crippen LogP contribution in [0.25, 0.3) is 10.9 Å². The molecule has 1 aliphatic rings. The van der Waals surface area contributed by atoms with Gasteiger partial charge in [-0.15, -0.1) is 0 Å². The molecule has 0 bridgehead atoms. The van der Waals surface area contributed by atoms with E-state index in [1.165, 1.54) is 21.9 Å². The molecule has 27 heavy (non-hydrogen) atoms. The molecule has 9 nitrogen and oxygen atoms in total. The van der Waals surface area contributed by atoms with E-state index in [0.29, 0.717) is 25.3 Å². The zero-order valence-electron chi connectivity index (χ0n) is 16.1. The molecule has 0 saturated carbocycles. The summed E-state index contributed by atoms with van der Waals surface area (Å²) in [5.74, 6) is 0. The molecule has 1 saturated heterocycles. The van der Waals surface area contributed by atoms with E-state index in [1.807, 2.05) is 19.9 Å². The summed E-state index contributed by atoms with van der Waals surface area (Å²) in [6.07, 6.45) is 4.07. The summed E-state index contributed by atoms with van der Waals surface area (Å²) in [5, 5.41) is 7.84. The third kappa shape index (κ3) is 3.76. The third-order valence-electron chi connectivity index (χ3n) is 4.95. The van der Waals surface area contributed by atoms with Crippen molar-refractivity contribution in [3.63, 3.8) is 0 Å². The first-order valence-corrected chi connectivity index (χ1v) is 12.1. The van der Waals surface area contributed by atoms with E-state index in [-0.39, 0.29) is 0 Å². The third-order valence-corrected chi connectivity index (χ3v) is 7.63. The van der Waals surface area contributed by atoms with Gasteiger partial charge in [-0.2, -0.15) is 9.40 Å². The molecule has 2 heterocycles. The fourth-order valence-electron chi connectivity index (χ4n) is 3.61. The van der Waals surface area contributed by atoms with Crippen molar-refractivity contribution in [2.45, 2.75) is 19.4 Å². The SMILES string of the molecule is CN(c1cc(N2CCN(S(C)(=O)=O)C(C)(C)C2)c2cn[nH]c2c1)S(C)(=O)=O. The number of aromatic nitrogens is 2. The molecule has 0 spiro atoms. The first kappa shape index (κ1) is 19.9. The zero-order valence-corrected chi connectivity index (χ0v) is 17.7. The quantitative estimate of drug-likeness (QED) is 0.792. The second-order valence-corrected chi connectivity index (χ2v) is 11.5. The number of nitrogens with zero attached hydrogens (tertiary/aromatic N) is 4. The van der Waals surface area contributed by atoms with Gasteiger partial charge >= 0.3 is 0 Å². The second-order valence-electron chi connectivity index (χ2n) is 7.60. The van der Waals surface area contributed by atoms with Crippen LogP contribution in [0, 0.1) is 0 Å². The number of H-pyrrole nitrogens is 1. The molecule has 1 aromatic carbocycles. The van der Waals surface area contributed by atoms with Gasteiger partial charge in [0.1, 0.15) is 0 Å². The average Bonchev–Trinajstić information content (AvgIpc) is 2.98. The van der Waals surface area contributed by atoms with E-state index >= 15 is 0 Å². The van der Waals surface area contributed by atoms with Gasteiger partial charge < -0.3 is 4.90 Å². The summed E-state index contributed by atoms with van der Waals surface area (Å²) in [5.41, 5.74) is 1.47. The van der Waals surface area contributed by atoms with Crippen LogP contribution in [0.3, 0.4) is 0 Å². The van der Waals surface area contributed by atoms with Crippen LogP contribution >= 0.6 is 0 Å². The maximum Gasteiger partial charge on any atom is 0.231 e. The van der Waals surface area contributed by atoms with Gasteiger partial charge in [-0.1, -0.05) is 0 Å². The van der Waals surface area contributed by atoms with Gasteiger partial charge in [-0.25, -0.2) is 16.8 Å². The van der Waals surface area contributed by atoms with Crippen molar-refractivity contribution >= 4 is 42.3 Å². The van der Waals surface area contributed by atoms with Crippen molar-refractivity contribution in [2.75, 3.05) is 48.4 Å². The second kappa shape index (κ2) is 6.35. The van der Waals surface area contributed by atoms with E-state index < -0.39 is 25.6 Å². The summed E-state index contributed by atoms with van der Waals surface area (Å²) in [6, 6.07) is 3.55. The van der Waals surface area contributed by atoms with E-state index in [4.69, 9.17) is 0 Å². The van der Waals surface area contributed by atoms with Crippen LogP contribution in [0.4, 0.5) is 11.4 Å². The highest BCUT2D eigenvalue weighted by atomic mass is 32.2. The molecule has 1 aliphatic heterocycles. The molecule has 0 radical (unpaired) electrons. The van der Waals surface area contributed by atoms with Gasteiger partial charge in [0.25, 0.3) is 0 Å². The maximum absolute atomic E-state index is 12.1. The van der Waals surface area contributed by atoms with E-state index in [2.05, 4.69) is 15.1 Å². The molecule has 0 aliphatic carbocycles. The summed E-state index contributed by atoms with van der Waals surface area (Å²) in [4.78, 5) is 2.08. The Morgan fingerprint density at radius 2 is 1.81 bits per heavy atom. The summed E-state index contributed by atoms with van der Waals surface area (Å²) in [6.45, 7) is 5.12. The number of anilines is 2. The molecule has 1 N–H and O–H groups in total. The smallest absolute Gasteiger partial charge is 0.231 e. The molecular weight excluding hydrogens is 390 g/mol. The van der Waals surface area contributed by atoms with Crippen molar-refractivity contribution in [1.29, 1.82) is 0 Å². The molecular formula is C16H25N5O4S2. The number of aromatic amines is 1. The molecule has 1 aromatic heterocycles. The van der Waals surface area contributed by atoms with Gasteiger partial charge in [0.2, 0.25) is 20.0 Å². The number of hydrogen-bond donors (Lipinski definition) is 1. The first-order valence-electron chi connectivity index (χ1n) is 8.44. The van der Waals surface area contributed by atoms with Gasteiger partial charge in [0.15, 0.2) is 0 Å². The zero-order chi connectivity index (χ0) is 20.2. The Morgan fingerprint density at radius 3 is 2.37 bits per heavy atom. The minimum absolute atomic E-state index is 0.358. The van der Waals surface area contributed by atoms with Gasteiger partial charge in [-0.3, -0.25) is 9.40 Å². The van der Waals surface area contributed by atoms with E-state index in [0.717, 1.165) is 22.8 Å². The van der Waals surface area contributed by atoms with Crippen LogP contribution in [0.5, 0.6) is 0 Å². The molecule has 1 fully saturated rings. The average molecular weight is 416 g/mol. The molecule has 0 amide bonds. The standard InChI is InChI=1S/C16H25N5O4S2/c1-16(2)11-20(6-7-21(16)27(5,24)25)15-9-12(19(3)26(4,22)23)8-14-13(15)10-17-18-14/h8-10H,6-7,11H2,1-5H3,(H,17,18). The highest BCUT2D eigenvalue weighted by molar-refractivity contribution is 7.92. The number of piperazine rings is 1. The number of nitrogens with one attached hydrogen (secondary N) is 1. The lowest BCUT2D eigenvalue weighted by atomic mass is 10.0. The number of fused-ring (bicyclic) bond motifs is 1. The van der Waals surface area contributed by atoms with Crippen LogP contribution in [0.15, 0.2) is 18.3 Å².